The Labute approximate surface area is 137 Å². The SMILES string of the molecule is CCCNC(=NCC(=O)N(C)C)N(C)Cc1cc(Cl)cn1C. The molecule has 0 aliphatic rings. The lowest BCUT2D eigenvalue weighted by molar-refractivity contribution is -0.127. The fourth-order valence-corrected chi connectivity index (χ4v) is 2.15. The highest BCUT2D eigenvalue weighted by atomic mass is 35.5. The summed E-state index contributed by atoms with van der Waals surface area (Å²) >= 11 is 6.01. The highest BCUT2D eigenvalue weighted by molar-refractivity contribution is 6.30. The number of nitrogens with one attached hydrogen (secondary N) is 1. The molecule has 1 aromatic heterocycles. The summed E-state index contributed by atoms with van der Waals surface area (Å²) in [5.74, 6) is 0.695. The molecule has 0 fully saturated rings. The van der Waals surface area contributed by atoms with Gasteiger partial charge in [0.25, 0.3) is 0 Å². The number of rotatable bonds is 6. The van der Waals surface area contributed by atoms with Crippen LogP contribution >= 0.6 is 11.6 Å². The second-order valence-corrected chi connectivity index (χ2v) is 5.91. The molecule has 1 rings (SSSR count). The van der Waals surface area contributed by atoms with Crippen molar-refractivity contribution in [2.75, 3.05) is 34.2 Å². The lowest BCUT2D eigenvalue weighted by atomic mass is 10.4. The van der Waals surface area contributed by atoms with Gasteiger partial charge >= 0.3 is 0 Å². The van der Waals surface area contributed by atoms with E-state index in [4.69, 9.17) is 11.6 Å². The molecule has 1 aromatic rings. The Morgan fingerprint density at radius 2 is 2.09 bits per heavy atom. The summed E-state index contributed by atoms with van der Waals surface area (Å²) in [7, 11) is 7.36. The maximum absolute atomic E-state index is 11.7. The number of aryl methyl sites for hydroxylation is 1. The molecule has 0 saturated heterocycles. The van der Waals surface area contributed by atoms with Crippen molar-refractivity contribution in [2.24, 2.45) is 12.0 Å². The minimum atomic E-state index is -0.0221. The van der Waals surface area contributed by atoms with Crippen LogP contribution in [0.3, 0.4) is 0 Å². The van der Waals surface area contributed by atoms with Crippen molar-refractivity contribution >= 4 is 23.5 Å². The van der Waals surface area contributed by atoms with E-state index < -0.39 is 0 Å². The summed E-state index contributed by atoms with van der Waals surface area (Å²) in [5, 5.41) is 3.99. The van der Waals surface area contributed by atoms with Crippen molar-refractivity contribution < 1.29 is 4.79 Å². The molecule has 0 radical (unpaired) electrons. The summed E-state index contributed by atoms with van der Waals surface area (Å²) in [6, 6.07) is 1.93. The van der Waals surface area contributed by atoms with E-state index in [0.29, 0.717) is 11.6 Å². The molecule has 0 bridgehead atoms. The van der Waals surface area contributed by atoms with E-state index in [0.717, 1.165) is 24.6 Å². The summed E-state index contributed by atoms with van der Waals surface area (Å²) in [4.78, 5) is 19.7. The van der Waals surface area contributed by atoms with Crippen LogP contribution in [0.15, 0.2) is 17.3 Å². The Morgan fingerprint density at radius 1 is 1.41 bits per heavy atom. The standard InChI is InChI=1S/C15H26ClN5O/c1-6-7-17-15(18-9-14(22)19(2)3)21(5)11-13-8-12(16)10-20(13)4/h8,10H,6-7,9,11H2,1-5H3,(H,17,18). The zero-order valence-electron chi connectivity index (χ0n) is 14.1. The number of amides is 1. The molecule has 1 N–H and O–H groups in total. The van der Waals surface area contributed by atoms with E-state index in [-0.39, 0.29) is 12.5 Å². The molecular formula is C15H26ClN5O. The van der Waals surface area contributed by atoms with Crippen LogP contribution in [-0.4, -0.2) is 60.5 Å². The number of likely N-dealkylation sites (N-methyl/N-ethyl adjacent to an activating group) is 1. The van der Waals surface area contributed by atoms with Crippen molar-refractivity contribution in [1.82, 2.24) is 19.7 Å². The van der Waals surface area contributed by atoms with Crippen LogP contribution in [0.5, 0.6) is 0 Å². The first-order valence-electron chi connectivity index (χ1n) is 7.35. The van der Waals surface area contributed by atoms with Gasteiger partial charge < -0.3 is 19.7 Å². The monoisotopic (exact) mass is 327 g/mol. The average molecular weight is 328 g/mol. The Bertz CT molecular complexity index is 524. The van der Waals surface area contributed by atoms with E-state index in [1.54, 1.807) is 14.1 Å². The van der Waals surface area contributed by atoms with E-state index in [2.05, 4.69) is 17.2 Å². The van der Waals surface area contributed by atoms with Crippen molar-refractivity contribution in [2.45, 2.75) is 19.9 Å². The minimum absolute atomic E-state index is 0.0221. The van der Waals surface area contributed by atoms with Gasteiger partial charge in [-0.25, -0.2) is 4.99 Å². The first kappa shape index (κ1) is 18.4. The number of aliphatic imine (C=N–C) groups is 1. The number of nitrogens with zero attached hydrogens (tertiary/aromatic N) is 4. The molecule has 0 aliphatic heterocycles. The van der Waals surface area contributed by atoms with Crippen LogP contribution in [0.1, 0.15) is 19.0 Å². The van der Waals surface area contributed by atoms with Gasteiger partial charge in [0.15, 0.2) is 5.96 Å². The van der Waals surface area contributed by atoms with E-state index in [9.17, 15) is 4.79 Å². The first-order chi connectivity index (χ1) is 10.3. The van der Waals surface area contributed by atoms with Gasteiger partial charge in [0.05, 0.1) is 11.6 Å². The maximum atomic E-state index is 11.7. The van der Waals surface area contributed by atoms with Crippen LogP contribution in [-0.2, 0) is 18.4 Å². The number of aromatic nitrogens is 1. The number of hydrogen-bond acceptors (Lipinski definition) is 2. The summed E-state index contributed by atoms with van der Waals surface area (Å²) in [5.41, 5.74) is 1.08. The van der Waals surface area contributed by atoms with Crippen LogP contribution in [0.4, 0.5) is 0 Å². The van der Waals surface area contributed by atoms with Crippen LogP contribution in [0.2, 0.25) is 5.02 Å². The van der Waals surface area contributed by atoms with Gasteiger partial charge in [0.1, 0.15) is 6.54 Å². The topological polar surface area (TPSA) is 52.9 Å². The highest BCUT2D eigenvalue weighted by Gasteiger charge is 2.11. The summed E-state index contributed by atoms with van der Waals surface area (Å²) < 4.78 is 1.99. The predicted molar refractivity (Wildman–Crippen MR) is 91.2 cm³/mol. The fourth-order valence-electron chi connectivity index (χ4n) is 1.87. The summed E-state index contributed by atoms with van der Waals surface area (Å²) in [6.07, 6.45) is 2.86. The number of halogens is 1. The van der Waals surface area contributed by atoms with Gasteiger partial charge in [-0.15, -0.1) is 0 Å². The van der Waals surface area contributed by atoms with E-state index in [1.807, 2.05) is 35.8 Å². The Balaban J connectivity index is 2.79. The second kappa shape index (κ2) is 8.68. The first-order valence-corrected chi connectivity index (χ1v) is 7.73. The quantitative estimate of drug-likeness (QED) is 0.637. The van der Waals surface area contributed by atoms with Gasteiger partial charge in [-0.05, 0) is 12.5 Å². The fraction of sp³-hybridized carbons (Fsp3) is 0.600. The minimum Gasteiger partial charge on any atom is -0.356 e. The lowest BCUT2D eigenvalue weighted by Crippen LogP contribution is -2.40. The zero-order valence-corrected chi connectivity index (χ0v) is 14.8. The van der Waals surface area contributed by atoms with Crippen LogP contribution < -0.4 is 5.32 Å². The molecule has 124 valence electrons. The molecule has 1 heterocycles. The highest BCUT2D eigenvalue weighted by Crippen LogP contribution is 2.14. The van der Waals surface area contributed by atoms with Crippen LogP contribution in [0, 0.1) is 0 Å². The Morgan fingerprint density at radius 3 is 2.59 bits per heavy atom. The molecule has 0 spiro atoms. The van der Waals surface area contributed by atoms with Crippen LogP contribution in [0.25, 0.3) is 0 Å². The third-order valence-electron chi connectivity index (χ3n) is 3.23. The number of carbonyl (C=O) groups excluding carboxylic acids is 1. The van der Waals surface area contributed by atoms with Gasteiger partial charge in [-0.3, -0.25) is 4.79 Å². The molecule has 0 aliphatic carbocycles. The average Bonchev–Trinajstić information content (AvgIpc) is 2.76. The molecule has 0 saturated carbocycles. The second-order valence-electron chi connectivity index (χ2n) is 5.47. The molecule has 7 heteroatoms. The van der Waals surface area contributed by atoms with Gasteiger partial charge in [-0.1, -0.05) is 18.5 Å². The van der Waals surface area contributed by atoms with Crippen molar-refractivity contribution in [3.63, 3.8) is 0 Å². The Hall–Kier alpha value is -1.69. The van der Waals surface area contributed by atoms with Gasteiger partial charge in [0.2, 0.25) is 5.91 Å². The molecular weight excluding hydrogens is 302 g/mol. The van der Waals surface area contributed by atoms with Crippen molar-refractivity contribution in [3.05, 3.63) is 23.0 Å². The molecule has 22 heavy (non-hydrogen) atoms. The molecule has 0 aromatic carbocycles. The normalized spacial score (nSPS) is 11.5. The molecule has 6 nitrogen and oxygen atoms in total. The molecule has 1 amide bonds. The third-order valence-corrected chi connectivity index (χ3v) is 3.44. The van der Waals surface area contributed by atoms with E-state index in [1.165, 1.54) is 4.90 Å². The van der Waals surface area contributed by atoms with Gasteiger partial charge in [-0.2, -0.15) is 0 Å². The third kappa shape index (κ3) is 5.60. The largest absolute Gasteiger partial charge is 0.356 e. The predicted octanol–water partition coefficient (Wildman–Crippen LogP) is 1.55. The maximum Gasteiger partial charge on any atom is 0.243 e. The van der Waals surface area contributed by atoms with E-state index >= 15 is 0 Å². The molecule has 0 atom stereocenters. The van der Waals surface area contributed by atoms with Crippen molar-refractivity contribution in [1.29, 1.82) is 0 Å². The zero-order chi connectivity index (χ0) is 16.7. The molecule has 0 unspecified atom stereocenters. The Kier molecular flexibility index (Phi) is 7.24. The number of carbonyl (C=O) groups is 1. The number of guanidine groups is 1. The lowest BCUT2D eigenvalue weighted by Gasteiger charge is -2.23. The van der Waals surface area contributed by atoms with Gasteiger partial charge in [0, 0.05) is 46.6 Å². The smallest absolute Gasteiger partial charge is 0.243 e. The number of hydrogen-bond donors (Lipinski definition) is 1. The van der Waals surface area contributed by atoms with Crippen molar-refractivity contribution in [3.8, 4) is 0 Å². The summed E-state index contributed by atoms with van der Waals surface area (Å²) in [6.45, 7) is 3.70.